The molecule has 0 amide bonds. The van der Waals surface area contributed by atoms with Crippen molar-refractivity contribution in [1.29, 1.82) is 0 Å². The Morgan fingerprint density at radius 2 is 1.37 bits per heavy atom. The molecule has 0 aliphatic heterocycles. The molecule has 0 unspecified atom stereocenters. The predicted octanol–water partition coefficient (Wildman–Crippen LogP) is 8.23. The standard InChI is InChI=1S/C25H18BrCl/c1-25(2)21-10-6-5-8-17(21)19-14-24(27)20(13-22(19)25)16-11-12-23(26)18-9-4-3-7-15(16)18/h3-14H,1-2H3. The Morgan fingerprint density at radius 1 is 0.667 bits per heavy atom. The summed E-state index contributed by atoms with van der Waals surface area (Å²) in [6.45, 7) is 4.60. The molecule has 1 aliphatic rings. The van der Waals surface area contributed by atoms with Crippen LogP contribution in [0.15, 0.2) is 77.3 Å². The van der Waals surface area contributed by atoms with Crippen molar-refractivity contribution in [2.24, 2.45) is 0 Å². The van der Waals surface area contributed by atoms with Gasteiger partial charge < -0.3 is 0 Å². The van der Waals surface area contributed by atoms with Gasteiger partial charge in [-0.1, -0.05) is 96.0 Å². The van der Waals surface area contributed by atoms with Crippen LogP contribution in [0.3, 0.4) is 0 Å². The lowest BCUT2D eigenvalue weighted by Gasteiger charge is -2.22. The molecule has 0 saturated heterocycles. The van der Waals surface area contributed by atoms with Crippen molar-refractivity contribution >= 4 is 38.3 Å². The maximum atomic E-state index is 6.83. The topological polar surface area (TPSA) is 0 Å². The van der Waals surface area contributed by atoms with Gasteiger partial charge in [-0.15, -0.1) is 0 Å². The second-order valence-corrected chi connectivity index (χ2v) is 8.95. The van der Waals surface area contributed by atoms with E-state index in [9.17, 15) is 0 Å². The average Bonchev–Trinajstić information content (AvgIpc) is 2.89. The molecule has 132 valence electrons. The number of benzene rings is 4. The summed E-state index contributed by atoms with van der Waals surface area (Å²) in [4.78, 5) is 0. The zero-order valence-corrected chi connectivity index (χ0v) is 17.5. The monoisotopic (exact) mass is 432 g/mol. The molecule has 0 fully saturated rings. The van der Waals surface area contributed by atoms with Crippen LogP contribution in [0.5, 0.6) is 0 Å². The van der Waals surface area contributed by atoms with Crippen molar-refractivity contribution < 1.29 is 0 Å². The van der Waals surface area contributed by atoms with Crippen LogP contribution in [0.2, 0.25) is 5.02 Å². The fourth-order valence-electron chi connectivity index (χ4n) is 4.42. The van der Waals surface area contributed by atoms with Crippen molar-refractivity contribution in [1.82, 2.24) is 0 Å². The van der Waals surface area contributed by atoms with Crippen LogP contribution < -0.4 is 0 Å². The van der Waals surface area contributed by atoms with Crippen molar-refractivity contribution in [2.45, 2.75) is 19.3 Å². The van der Waals surface area contributed by atoms with Gasteiger partial charge in [-0.25, -0.2) is 0 Å². The van der Waals surface area contributed by atoms with E-state index in [1.54, 1.807) is 0 Å². The van der Waals surface area contributed by atoms with E-state index in [0.717, 1.165) is 15.1 Å². The van der Waals surface area contributed by atoms with Crippen LogP contribution in [0, 0.1) is 0 Å². The highest BCUT2D eigenvalue weighted by molar-refractivity contribution is 9.10. The second-order valence-electron chi connectivity index (χ2n) is 7.69. The first kappa shape index (κ1) is 17.0. The van der Waals surface area contributed by atoms with E-state index in [1.807, 2.05) is 0 Å². The molecule has 0 bridgehead atoms. The fraction of sp³-hybridized carbons (Fsp3) is 0.120. The SMILES string of the molecule is CC1(C)c2ccccc2-c2cc(Cl)c(-c3ccc(Br)c4ccccc34)cc21. The minimum atomic E-state index is -0.0313. The number of hydrogen-bond acceptors (Lipinski definition) is 0. The lowest BCUT2D eigenvalue weighted by Crippen LogP contribution is -2.15. The third kappa shape index (κ3) is 2.42. The van der Waals surface area contributed by atoms with Gasteiger partial charge in [0.05, 0.1) is 0 Å². The van der Waals surface area contributed by atoms with Crippen molar-refractivity contribution in [3.8, 4) is 22.3 Å². The van der Waals surface area contributed by atoms with Crippen molar-refractivity contribution in [3.05, 3.63) is 93.4 Å². The summed E-state index contributed by atoms with van der Waals surface area (Å²) in [5.41, 5.74) is 7.51. The summed E-state index contributed by atoms with van der Waals surface area (Å²) in [7, 11) is 0. The molecule has 4 aromatic carbocycles. The predicted molar refractivity (Wildman–Crippen MR) is 120 cm³/mol. The first-order valence-corrected chi connectivity index (χ1v) is 10.3. The minimum absolute atomic E-state index is 0.0313. The Balaban J connectivity index is 1.81. The molecule has 5 rings (SSSR count). The third-order valence-corrected chi connectivity index (χ3v) is 6.84. The van der Waals surface area contributed by atoms with E-state index in [1.165, 1.54) is 38.6 Å². The molecule has 0 radical (unpaired) electrons. The Bertz CT molecular complexity index is 1220. The van der Waals surface area contributed by atoms with Crippen molar-refractivity contribution in [3.63, 3.8) is 0 Å². The number of rotatable bonds is 1. The molecule has 0 N–H and O–H groups in total. The van der Waals surface area contributed by atoms with Gasteiger partial charge in [-0.2, -0.15) is 0 Å². The molecule has 0 nitrogen and oxygen atoms in total. The molecule has 1 aliphatic carbocycles. The number of halogens is 2. The summed E-state index contributed by atoms with van der Waals surface area (Å²) >= 11 is 10.5. The molecular formula is C25H18BrCl. The van der Waals surface area contributed by atoms with E-state index in [-0.39, 0.29) is 5.41 Å². The summed E-state index contributed by atoms with van der Waals surface area (Å²) in [6, 6.07) is 25.8. The van der Waals surface area contributed by atoms with E-state index in [2.05, 4.69) is 103 Å². The van der Waals surface area contributed by atoms with E-state index in [0.29, 0.717) is 0 Å². The molecule has 0 saturated carbocycles. The first-order valence-electron chi connectivity index (χ1n) is 9.10. The molecule has 4 aromatic rings. The van der Waals surface area contributed by atoms with Gasteiger partial charge in [0.1, 0.15) is 0 Å². The van der Waals surface area contributed by atoms with Crippen LogP contribution in [0.25, 0.3) is 33.0 Å². The highest BCUT2D eigenvalue weighted by Gasteiger charge is 2.36. The summed E-state index contributed by atoms with van der Waals surface area (Å²) in [5, 5.41) is 3.21. The van der Waals surface area contributed by atoms with Gasteiger partial charge >= 0.3 is 0 Å². The molecule has 0 spiro atoms. The quantitative estimate of drug-likeness (QED) is 0.283. The van der Waals surface area contributed by atoms with Gasteiger partial charge in [-0.3, -0.25) is 0 Å². The molecule has 0 atom stereocenters. The van der Waals surface area contributed by atoms with Crippen LogP contribution in [-0.2, 0) is 5.41 Å². The van der Waals surface area contributed by atoms with Gasteiger partial charge in [0.25, 0.3) is 0 Å². The number of fused-ring (bicyclic) bond motifs is 4. The van der Waals surface area contributed by atoms with E-state index in [4.69, 9.17) is 11.6 Å². The molecule has 2 heteroatoms. The maximum Gasteiger partial charge on any atom is 0.0491 e. The summed E-state index contributed by atoms with van der Waals surface area (Å²) < 4.78 is 1.10. The Hall–Kier alpha value is -2.09. The van der Waals surface area contributed by atoms with Crippen LogP contribution in [-0.4, -0.2) is 0 Å². The van der Waals surface area contributed by atoms with Crippen LogP contribution in [0.1, 0.15) is 25.0 Å². The molecular weight excluding hydrogens is 416 g/mol. The minimum Gasteiger partial charge on any atom is -0.0836 e. The fourth-order valence-corrected chi connectivity index (χ4v) is 5.17. The Morgan fingerprint density at radius 3 is 2.19 bits per heavy atom. The number of hydrogen-bond donors (Lipinski definition) is 0. The van der Waals surface area contributed by atoms with E-state index < -0.39 is 0 Å². The summed E-state index contributed by atoms with van der Waals surface area (Å²) in [6.07, 6.45) is 0. The van der Waals surface area contributed by atoms with Crippen LogP contribution in [0.4, 0.5) is 0 Å². The van der Waals surface area contributed by atoms with Gasteiger partial charge in [0, 0.05) is 20.5 Å². The largest absolute Gasteiger partial charge is 0.0836 e. The lowest BCUT2D eigenvalue weighted by molar-refractivity contribution is 0.660. The van der Waals surface area contributed by atoms with Crippen LogP contribution >= 0.6 is 27.5 Å². The van der Waals surface area contributed by atoms with Gasteiger partial charge in [0.2, 0.25) is 0 Å². The molecule has 27 heavy (non-hydrogen) atoms. The van der Waals surface area contributed by atoms with Gasteiger partial charge in [-0.05, 0) is 56.8 Å². The van der Waals surface area contributed by atoms with Crippen molar-refractivity contribution in [2.75, 3.05) is 0 Å². The third-order valence-electron chi connectivity index (χ3n) is 5.83. The zero-order valence-electron chi connectivity index (χ0n) is 15.2. The zero-order chi connectivity index (χ0) is 18.8. The van der Waals surface area contributed by atoms with Gasteiger partial charge in [0.15, 0.2) is 0 Å². The first-order chi connectivity index (χ1) is 13.0. The lowest BCUT2D eigenvalue weighted by atomic mass is 9.81. The van der Waals surface area contributed by atoms with E-state index >= 15 is 0 Å². The maximum absolute atomic E-state index is 6.83. The highest BCUT2D eigenvalue weighted by Crippen LogP contribution is 2.51. The normalized spacial score (nSPS) is 14.2. The Labute approximate surface area is 172 Å². The summed E-state index contributed by atoms with van der Waals surface area (Å²) in [5.74, 6) is 0. The Kier molecular flexibility index (Phi) is 3.76. The highest BCUT2D eigenvalue weighted by atomic mass is 79.9. The average molecular weight is 434 g/mol. The smallest absolute Gasteiger partial charge is 0.0491 e. The molecule has 0 heterocycles. The molecule has 0 aromatic heterocycles. The second kappa shape index (κ2) is 5.95.